The number of carbonyl (C=O) groups excluding carboxylic acids is 1. The molecule has 1 saturated heterocycles. The van der Waals surface area contributed by atoms with Gasteiger partial charge in [0.1, 0.15) is 0 Å². The summed E-state index contributed by atoms with van der Waals surface area (Å²) in [6, 6.07) is 0. The van der Waals surface area contributed by atoms with Crippen LogP contribution < -0.4 is 5.73 Å². The van der Waals surface area contributed by atoms with Crippen LogP contribution in [0.1, 0.15) is 27.2 Å². The first kappa shape index (κ1) is 12.5. The summed E-state index contributed by atoms with van der Waals surface area (Å²) in [7, 11) is 0. The Hall–Kier alpha value is -0.610. The molecule has 0 aromatic carbocycles. The van der Waals surface area contributed by atoms with E-state index in [0.29, 0.717) is 0 Å². The van der Waals surface area contributed by atoms with Crippen molar-refractivity contribution in [2.45, 2.75) is 32.7 Å². The molecule has 1 fully saturated rings. The molecule has 0 spiro atoms. The Morgan fingerprint density at radius 1 is 1.27 bits per heavy atom. The molecule has 1 heterocycles. The van der Waals surface area contributed by atoms with E-state index in [1.807, 2.05) is 4.90 Å². The molecule has 1 rings (SSSR count). The maximum absolute atomic E-state index is 11.1. The van der Waals surface area contributed by atoms with Crippen LogP contribution in [0.4, 0.5) is 0 Å². The lowest BCUT2D eigenvalue weighted by molar-refractivity contribution is -0.130. The van der Waals surface area contributed by atoms with Gasteiger partial charge < -0.3 is 10.6 Å². The van der Waals surface area contributed by atoms with Crippen LogP contribution in [0, 0.1) is 0 Å². The number of piperazine rings is 1. The molecule has 0 atom stereocenters. The number of nitrogens with two attached hydrogens (primary N) is 1. The summed E-state index contributed by atoms with van der Waals surface area (Å²) in [6.07, 6.45) is 1.01. The van der Waals surface area contributed by atoms with Crippen LogP contribution in [-0.4, -0.2) is 54.0 Å². The van der Waals surface area contributed by atoms with Crippen molar-refractivity contribution in [1.29, 1.82) is 0 Å². The normalized spacial score (nSPS) is 19.3. The third-order valence-electron chi connectivity index (χ3n) is 2.89. The maximum Gasteiger partial charge on any atom is 0.219 e. The highest BCUT2D eigenvalue weighted by molar-refractivity contribution is 5.73. The second-order valence-corrected chi connectivity index (χ2v) is 5.09. The average Bonchev–Trinajstić information content (AvgIpc) is 2.14. The number of carbonyl (C=O) groups is 1. The molecule has 1 aliphatic rings. The summed E-state index contributed by atoms with van der Waals surface area (Å²) in [5.74, 6) is 0.189. The molecule has 15 heavy (non-hydrogen) atoms. The molecular formula is C11H23N3O. The molecule has 0 aromatic rings. The fourth-order valence-electron chi connectivity index (χ4n) is 1.73. The Kier molecular flexibility index (Phi) is 4.11. The topological polar surface area (TPSA) is 49.6 Å². The molecule has 4 nitrogen and oxygen atoms in total. The van der Waals surface area contributed by atoms with Gasteiger partial charge >= 0.3 is 0 Å². The van der Waals surface area contributed by atoms with Gasteiger partial charge in [-0.15, -0.1) is 0 Å². The van der Waals surface area contributed by atoms with Crippen LogP contribution in [0.15, 0.2) is 0 Å². The number of nitrogens with zero attached hydrogens (tertiary/aromatic N) is 2. The molecule has 4 heteroatoms. The Labute approximate surface area is 92.4 Å². The third-order valence-corrected chi connectivity index (χ3v) is 2.89. The van der Waals surface area contributed by atoms with E-state index in [9.17, 15) is 4.79 Å². The number of amides is 1. The van der Waals surface area contributed by atoms with Crippen LogP contribution >= 0.6 is 0 Å². The van der Waals surface area contributed by atoms with Crippen molar-refractivity contribution in [3.63, 3.8) is 0 Å². The Balaban J connectivity index is 2.23. The highest BCUT2D eigenvalue weighted by Gasteiger charge is 2.20. The van der Waals surface area contributed by atoms with Gasteiger partial charge in [-0.3, -0.25) is 9.69 Å². The Bertz CT molecular complexity index is 214. The van der Waals surface area contributed by atoms with Gasteiger partial charge in [0.2, 0.25) is 5.91 Å². The molecular weight excluding hydrogens is 190 g/mol. The van der Waals surface area contributed by atoms with Crippen LogP contribution in [0.5, 0.6) is 0 Å². The van der Waals surface area contributed by atoms with Gasteiger partial charge in [-0.2, -0.15) is 0 Å². The van der Waals surface area contributed by atoms with E-state index in [2.05, 4.69) is 18.7 Å². The van der Waals surface area contributed by atoms with Gasteiger partial charge in [0.05, 0.1) is 0 Å². The lowest BCUT2D eigenvalue weighted by atomic mass is 10.0. The zero-order valence-corrected chi connectivity index (χ0v) is 10.1. The van der Waals surface area contributed by atoms with Gasteiger partial charge in [-0.25, -0.2) is 0 Å². The molecule has 88 valence electrons. The van der Waals surface area contributed by atoms with Gasteiger partial charge in [0, 0.05) is 45.2 Å². The summed E-state index contributed by atoms with van der Waals surface area (Å²) >= 11 is 0. The zero-order valence-electron chi connectivity index (χ0n) is 10.1. The predicted molar refractivity (Wildman–Crippen MR) is 61.6 cm³/mol. The minimum Gasteiger partial charge on any atom is -0.340 e. The molecule has 0 radical (unpaired) electrons. The lowest BCUT2D eigenvalue weighted by Crippen LogP contribution is -2.49. The molecule has 2 N–H and O–H groups in total. The first-order chi connectivity index (χ1) is 6.88. The molecule has 0 saturated carbocycles. The second kappa shape index (κ2) is 4.94. The molecule has 0 aliphatic carbocycles. The van der Waals surface area contributed by atoms with Gasteiger partial charge in [-0.1, -0.05) is 0 Å². The standard InChI is InChI=1S/C11H23N3O/c1-10(15)14-8-6-13(7-9-14)5-4-11(2,3)12/h4-9,12H2,1-3H3. The predicted octanol–water partition coefficient (Wildman–Crippen LogP) is 0.278. The minimum atomic E-state index is -0.0856. The van der Waals surface area contributed by atoms with Crippen molar-refractivity contribution in [2.24, 2.45) is 5.73 Å². The van der Waals surface area contributed by atoms with Gasteiger partial charge in [0.15, 0.2) is 0 Å². The molecule has 1 aliphatic heterocycles. The van der Waals surface area contributed by atoms with Crippen molar-refractivity contribution >= 4 is 5.91 Å². The van der Waals surface area contributed by atoms with E-state index in [4.69, 9.17) is 5.73 Å². The monoisotopic (exact) mass is 213 g/mol. The van der Waals surface area contributed by atoms with E-state index < -0.39 is 0 Å². The van der Waals surface area contributed by atoms with Crippen molar-refractivity contribution in [3.05, 3.63) is 0 Å². The number of rotatable bonds is 3. The molecule has 1 amide bonds. The SMILES string of the molecule is CC(=O)N1CCN(CCC(C)(C)N)CC1. The highest BCUT2D eigenvalue weighted by atomic mass is 16.2. The van der Waals surface area contributed by atoms with Crippen molar-refractivity contribution in [3.8, 4) is 0 Å². The first-order valence-corrected chi connectivity index (χ1v) is 5.65. The number of hydrogen-bond acceptors (Lipinski definition) is 3. The maximum atomic E-state index is 11.1. The number of hydrogen-bond donors (Lipinski definition) is 1. The van der Waals surface area contributed by atoms with Gasteiger partial charge in [0.25, 0.3) is 0 Å². The van der Waals surface area contributed by atoms with E-state index in [1.165, 1.54) is 0 Å². The fourth-order valence-corrected chi connectivity index (χ4v) is 1.73. The van der Waals surface area contributed by atoms with E-state index in [-0.39, 0.29) is 11.4 Å². The summed E-state index contributed by atoms with van der Waals surface area (Å²) in [4.78, 5) is 15.4. The Morgan fingerprint density at radius 3 is 2.20 bits per heavy atom. The van der Waals surface area contributed by atoms with E-state index in [0.717, 1.165) is 39.1 Å². The zero-order chi connectivity index (χ0) is 11.5. The lowest BCUT2D eigenvalue weighted by Gasteiger charge is -2.35. The van der Waals surface area contributed by atoms with Gasteiger partial charge in [-0.05, 0) is 20.3 Å². The second-order valence-electron chi connectivity index (χ2n) is 5.09. The van der Waals surface area contributed by atoms with Crippen LogP contribution in [0.2, 0.25) is 0 Å². The van der Waals surface area contributed by atoms with Crippen molar-refractivity contribution < 1.29 is 4.79 Å². The first-order valence-electron chi connectivity index (χ1n) is 5.65. The van der Waals surface area contributed by atoms with Crippen molar-refractivity contribution in [2.75, 3.05) is 32.7 Å². The quantitative estimate of drug-likeness (QED) is 0.732. The van der Waals surface area contributed by atoms with Crippen LogP contribution in [0.25, 0.3) is 0 Å². The third kappa shape index (κ3) is 4.62. The van der Waals surface area contributed by atoms with E-state index >= 15 is 0 Å². The van der Waals surface area contributed by atoms with E-state index in [1.54, 1.807) is 6.92 Å². The van der Waals surface area contributed by atoms with Crippen LogP contribution in [-0.2, 0) is 4.79 Å². The highest BCUT2D eigenvalue weighted by Crippen LogP contribution is 2.08. The minimum absolute atomic E-state index is 0.0856. The molecule has 0 aromatic heterocycles. The Morgan fingerprint density at radius 2 is 1.80 bits per heavy atom. The summed E-state index contributed by atoms with van der Waals surface area (Å²) < 4.78 is 0. The summed E-state index contributed by atoms with van der Waals surface area (Å²) in [6.45, 7) is 10.5. The smallest absolute Gasteiger partial charge is 0.219 e. The molecule has 0 bridgehead atoms. The summed E-state index contributed by atoms with van der Waals surface area (Å²) in [5, 5.41) is 0. The molecule has 0 unspecified atom stereocenters. The largest absolute Gasteiger partial charge is 0.340 e. The van der Waals surface area contributed by atoms with Crippen molar-refractivity contribution in [1.82, 2.24) is 9.80 Å². The summed E-state index contributed by atoms with van der Waals surface area (Å²) in [5.41, 5.74) is 5.85. The van der Waals surface area contributed by atoms with Crippen LogP contribution in [0.3, 0.4) is 0 Å². The average molecular weight is 213 g/mol. The fraction of sp³-hybridized carbons (Fsp3) is 0.909.